The molecule has 0 saturated carbocycles. The fourth-order valence-corrected chi connectivity index (χ4v) is 2.17. The Morgan fingerprint density at radius 2 is 2.05 bits per heavy atom. The number of nitrogens with zero attached hydrogens (tertiary/aromatic N) is 2. The van der Waals surface area contributed by atoms with Crippen LogP contribution in [0.2, 0.25) is 0 Å². The van der Waals surface area contributed by atoms with Gasteiger partial charge < -0.3 is 15.0 Å². The third kappa shape index (κ3) is 3.21. The van der Waals surface area contributed by atoms with Crippen LogP contribution in [-0.2, 0) is 24.1 Å². The van der Waals surface area contributed by atoms with Crippen LogP contribution in [0.25, 0.3) is 0 Å². The van der Waals surface area contributed by atoms with Crippen LogP contribution in [-0.4, -0.2) is 22.6 Å². The molecule has 0 amide bonds. The molecule has 1 heterocycles. The van der Waals surface area contributed by atoms with Crippen LogP contribution in [0.4, 0.5) is 10.2 Å². The summed E-state index contributed by atoms with van der Waals surface area (Å²) in [6.07, 6.45) is 1.33. The molecule has 1 aromatic carbocycles. The van der Waals surface area contributed by atoms with Gasteiger partial charge in [0.05, 0.1) is 7.11 Å². The number of imidazole rings is 1. The summed E-state index contributed by atoms with van der Waals surface area (Å²) in [5.41, 5.74) is 7.12. The first-order chi connectivity index (χ1) is 10.1. The van der Waals surface area contributed by atoms with E-state index >= 15 is 0 Å². The van der Waals surface area contributed by atoms with E-state index in [4.69, 9.17) is 5.73 Å². The number of ether oxygens (including phenoxy) is 1. The Balaban J connectivity index is 2.20. The quantitative estimate of drug-likeness (QED) is 0.857. The molecule has 0 fully saturated rings. The SMILES string of the molecule is CCc1nc(C(=O)OC)c(N)n1CCc1ccc(F)cc1. The van der Waals surface area contributed by atoms with Crippen LogP contribution in [0.15, 0.2) is 24.3 Å². The van der Waals surface area contributed by atoms with E-state index in [-0.39, 0.29) is 11.5 Å². The van der Waals surface area contributed by atoms with Gasteiger partial charge in [0, 0.05) is 13.0 Å². The monoisotopic (exact) mass is 291 g/mol. The number of esters is 1. The number of nitrogens with two attached hydrogens (primary N) is 1. The topological polar surface area (TPSA) is 70.1 Å². The molecule has 2 aromatic rings. The Morgan fingerprint density at radius 1 is 1.38 bits per heavy atom. The molecule has 112 valence electrons. The highest BCUT2D eigenvalue weighted by atomic mass is 19.1. The van der Waals surface area contributed by atoms with E-state index in [1.54, 1.807) is 16.7 Å². The van der Waals surface area contributed by atoms with Crippen LogP contribution in [0.5, 0.6) is 0 Å². The Labute approximate surface area is 122 Å². The zero-order valence-electron chi connectivity index (χ0n) is 12.1. The largest absolute Gasteiger partial charge is 0.464 e. The van der Waals surface area contributed by atoms with Crippen molar-refractivity contribution < 1.29 is 13.9 Å². The maximum absolute atomic E-state index is 12.9. The van der Waals surface area contributed by atoms with Crippen molar-refractivity contribution in [3.63, 3.8) is 0 Å². The fraction of sp³-hybridized carbons (Fsp3) is 0.333. The number of halogens is 1. The van der Waals surface area contributed by atoms with Gasteiger partial charge in [-0.15, -0.1) is 0 Å². The standard InChI is InChI=1S/C15H18FN3O2/c1-3-12-18-13(15(20)21-2)14(17)19(12)9-8-10-4-6-11(16)7-5-10/h4-7H,3,8-9,17H2,1-2H3. The molecule has 2 rings (SSSR count). The molecule has 0 atom stereocenters. The second kappa shape index (κ2) is 6.39. The molecule has 2 N–H and O–H groups in total. The summed E-state index contributed by atoms with van der Waals surface area (Å²) in [5.74, 6) is 0.238. The van der Waals surface area contributed by atoms with Crippen LogP contribution in [0.3, 0.4) is 0 Å². The fourth-order valence-electron chi connectivity index (χ4n) is 2.17. The highest BCUT2D eigenvalue weighted by Gasteiger charge is 2.19. The van der Waals surface area contributed by atoms with E-state index in [1.807, 2.05) is 6.92 Å². The van der Waals surface area contributed by atoms with Gasteiger partial charge in [-0.05, 0) is 24.1 Å². The number of nitrogen functional groups attached to an aromatic ring is 1. The van der Waals surface area contributed by atoms with Gasteiger partial charge in [0.1, 0.15) is 17.5 Å². The van der Waals surface area contributed by atoms with Crippen LogP contribution >= 0.6 is 0 Å². The zero-order valence-corrected chi connectivity index (χ0v) is 12.1. The summed E-state index contributed by atoms with van der Waals surface area (Å²) < 4.78 is 19.3. The Bertz CT molecular complexity index is 635. The minimum absolute atomic E-state index is 0.147. The molecule has 5 nitrogen and oxygen atoms in total. The maximum atomic E-state index is 12.9. The van der Waals surface area contributed by atoms with Gasteiger partial charge >= 0.3 is 5.97 Å². The predicted octanol–water partition coefficient (Wildman–Crippen LogP) is 2.20. The molecule has 6 heteroatoms. The number of methoxy groups -OCH3 is 1. The number of aryl methyl sites for hydroxylation is 2. The van der Waals surface area contributed by atoms with E-state index < -0.39 is 5.97 Å². The molecule has 0 saturated heterocycles. The summed E-state index contributed by atoms with van der Waals surface area (Å²) in [7, 11) is 1.30. The molecule has 0 aliphatic heterocycles. The van der Waals surface area contributed by atoms with Crippen molar-refractivity contribution in [3.05, 3.63) is 47.2 Å². The normalized spacial score (nSPS) is 10.6. The molecule has 0 aliphatic rings. The second-order valence-electron chi connectivity index (χ2n) is 4.64. The first-order valence-corrected chi connectivity index (χ1v) is 6.74. The highest BCUT2D eigenvalue weighted by molar-refractivity contribution is 5.92. The van der Waals surface area contributed by atoms with Gasteiger partial charge in [-0.2, -0.15) is 0 Å². The highest BCUT2D eigenvalue weighted by Crippen LogP contribution is 2.17. The van der Waals surface area contributed by atoms with Gasteiger partial charge in [0.25, 0.3) is 0 Å². The predicted molar refractivity (Wildman–Crippen MR) is 77.5 cm³/mol. The zero-order chi connectivity index (χ0) is 15.4. The number of carbonyl (C=O) groups is 1. The number of carbonyl (C=O) groups excluding carboxylic acids is 1. The van der Waals surface area contributed by atoms with Crippen LogP contribution < -0.4 is 5.73 Å². The van der Waals surface area contributed by atoms with Crippen molar-refractivity contribution in [3.8, 4) is 0 Å². The van der Waals surface area contributed by atoms with Crippen molar-refractivity contribution >= 4 is 11.8 Å². The average molecular weight is 291 g/mol. The van der Waals surface area contributed by atoms with E-state index in [1.165, 1.54) is 19.2 Å². The Morgan fingerprint density at radius 3 is 2.62 bits per heavy atom. The summed E-state index contributed by atoms with van der Waals surface area (Å²) in [4.78, 5) is 15.8. The molecule has 0 bridgehead atoms. The van der Waals surface area contributed by atoms with Gasteiger partial charge in [0.15, 0.2) is 5.69 Å². The lowest BCUT2D eigenvalue weighted by Crippen LogP contribution is -2.10. The number of aromatic nitrogens is 2. The van der Waals surface area contributed by atoms with Crippen molar-refractivity contribution in [2.75, 3.05) is 12.8 Å². The number of benzene rings is 1. The Hall–Kier alpha value is -2.37. The van der Waals surface area contributed by atoms with Gasteiger partial charge in [-0.1, -0.05) is 19.1 Å². The molecule has 21 heavy (non-hydrogen) atoms. The lowest BCUT2D eigenvalue weighted by molar-refractivity contribution is 0.0595. The molecule has 0 aliphatic carbocycles. The molecular formula is C15H18FN3O2. The van der Waals surface area contributed by atoms with Crippen molar-refractivity contribution in [2.24, 2.45) is 0 Å². The lowest BCUT2D eigenvalue weighted by Gasteiger charge is -2.09. The van der Waals surface area contributed by atoms with E-state index in [2.05, 4.69) is 9.72 Å². The second-order valence-corrected chi connectivity index (χ2v) is 4.64. The van der Waals surface area contributed by atoms with Crippen molar-refractivity contribution in [2.45, 2.75) is 26.3 Å². The molecule has 0 radical (unpaired) electrons. The van der Waals surface area contributed by atoms with Gasteiger partial charge in [-0.25, -0.2) is 14.2 Å². The maximum Gasteiger partial charge on any atom is 0.360 e. The number of hydrogen-bond donors (Lipinski definition) is 1. The Kier molecular flexibility index (Phi) is 4.57. The number of rotatable bonds is 5. The molecule has 0 unspecified atom stereocenters. The first kappa shape index (κ1) is 15.0. The molecule has 0 spiro atoms. The molecule has 1 aromatic heterocycles. The smallest absolute Gasteiger partial charge is 0.360 e. The minimum Gasteiger partial charge on any atom is -0.464 e. The van der Waals surface area contributed by atoms with Crippen molar-refractivity contribution in [1.29, 1.82) is 0 Å². The van der Waals surface area contributed by atoms with Gasteiger partial charge in [0.2, 0.25) is 0 Å². The van der Waals surface area contributed by atoms with Crippen LogP contribution in [0.1, 0.15) is 28.8 Å². The third-order valence-electron chi connectivity index (χ3n) is 3.32. The van der Waals surface area contributed by atoms with Crippen LogP contribution in [0, 0.1) is 5.82 Å². The third-order valence-corrected chi connectivity index (χ3v) is 3.32. The summed E-state index contributed by atoms with van der Waals surface area (Å²) in [5, 5.41) is 0. The summed E-state index contributed by atoms with van der Waals surface area (Å²) in [6, 6.07) is 6.31. The molecular weight excluding hydrogens is 273 g/mol. The van der Waals surface area contributed by atoms with E-state index in [0.29, 0.717) is 25.2 Å². The number of anilines is 1. The van der Waals surface area contributed by atoms with E-state index in [0.717, 1.165) is 11.4 Å². The van der Waals surface area contributed by atoms with E-state index in [9.17, 15) is 9.18 Å². The van der Waals surface area contributed by atoms with Gasteiger partial charge in [-0.3, -0.25) is 0 Å². The summed E-state index contributed by atoms with van der Waals surface area (Å²) in [6.45, 7) is 2.52. The minimum atomic E-state index is -0.539. The first-order valence-electron chi connectivity index (χ1n) is 6.74. The number of hydrogen-bond acceptors (Lipinski definition) is 4. The average Bonchev–Trinajstić information content (AvgIpc) is 2.82. The summed E-state index contributed by atoms with van der Waals surface area (Å²) >= 11 is 0. The lowest BCUT2D eigenvalue weighted by atomic mass is 10.1. The van der Waals surface area contributed by atoms with Crippen molar-refractivity contribution in [1.82, 2.24) is 9.55 Å².